The Labute approximate surface area is 111 Å². The average Bonchev–Trinajstić information content (AvgIpc) is 2.66. The van der Waals surface area contributed by atoms with E-state index in [4.69, 9.17) is 4.74 Å². The van der Waals surface area contributed by atoms with Crippen LogP contribution in [0.2, 0.25) is 0 Å². The summed E-state index contributed by atoms with van der Waals surface area (Å²) < 4.78 is 5.28. The standard InChI is InChI=1S/C14H28N2O2/c1-2-7-16-8-3-4-13(5-9-16)15-11-14(17)6-10-18-12-14/h13,15,17H,2-12H2,1H3. The fraction of sp³-hybridized carbons (Fsp3) is 1.00. The smallest absolute Gasteiger partial charge is 0.102 e. The minimum Gasteiger partial charge on any atom is -0.386 e. The van der Waals surface area contributed by atoms with Crippen LogP contribution in [0.4, 0.5) is 0 Å². The largest absolute Gasteiger partial charge is 0.386 e. The summed E-state index contributed by atoms with van der Waals surface area (Å²) in [5.74, 6) is 0. The van der Waals surface area contributed by atoms with Gasteiger partial charge in [-0.15, -0.1) is 0 Å². The van der Waals surface area contributed by atoms with Crippen LogP contribution in [0.1, 0.15) is 39.0 Å². The number of nitrogens with zero attached hydrogens (tertiary/aromatic N) is 1. The third-order valence-electron chi connectivity index (χ3n) is 4.16. The van der Waals surface area contributed by atoms with Crippen LogP contribution in [-0.2, 0) is 4.74 Å². The summed E-state index contributed by atoms with van der Waals surface area (Å²) in [4.78, 5) is 2.56. The zero-order valence-electron chi connectivity index (χ0n) is 11.7. The second-order valence-corrected chi connectivity index (χ2v) is 5.88. The van der Waals surface area contributed by atoms with E-state index in [1.165, 1.54) is 45.3 Å². The number of aliphatic hydroxyl groups is 1. The average molecular weight is 256 g/mol. The Balaban J connectivity index is 1.70. The highest BCUT2D eigenvalue weighted by atomic mass is 16.5. The van der Waals surface area contributed by atoms with E-state index >= 15 is 0 Å². The number of hydrogen-bond donors (Lipinski definition) is 2. The predicted molar refractivity (Wildman–Crippen MR) is 72.8 cm³/mol. The molecule has 0 aromatic carbocycles. The van der Waals surface area contributed by atoms with Gasteiger partial charge in [-0.05, 0) is 45.3 Å². The first-order valence-electron chi connectivity index (χ1n) is 7.48. The van der Waals surface area contributed by atoms with E-state index in [0.29, 0.717) is 25.8 Å². The van der Waals surface area contributed by atoms with Gasteiger partial charge in [0, 0.05) is 25.6 Å². The van der Waals surface area contributed by atoms with E-state index in [9.17, 15) is 5.11 Å². The molecule has 0 bridgehead atoms. The van der Waals surface area contributed by atoms with Crippen LogP contribution in [-0.4, -0.2) is 61.0 Å². The topological polar surface area (TPSA) is 44.7 Å². The summed E-state index contributed by atoms with van der Waals surface area (Å²) in [5.41, 5.74) is -0.616. The Morgan fingerprint density at radius 2 is 2.28 bits per heavy atom. The highest BCUT2D eigenvalue weighted by Crippen LogP contribution is 2.18. The second kappa shape index (κ2) is 6.85. The Kier molecular flexibility index (Phi) is 5.42. The molecule has 106 valence electrons. The van der Waals surface area contributed by atoms with Gasteiger partial charge in [0.2, 0.25) is 0 Å². The lowest BCUT2D eigenvalue weighted by Gasteiger charge is -2.25. The van der Waals surface area contributed by atoms with Crippen LogP contribution < -0.4 is 5.32 Å². The number of hydrogen-bond acceptors (Lipinski definition) is 4. The molecule has 2 aliphatic heterocycles. The van der Waals surface area contributed by atoms with E-state index in [2.05, 4.69) is 17.1 Å². The Hall–Kier alpha value is -0.160. The van der Waals surface area contributed by atoms with Crippen molar-refractivity contribution in [1.82, 2.24) is 10.2 Å². The monoisotopic (exact) mass is 256 g/mol. The first kappa shape index (κ1) is 14.3. The van der Waals surface area contributed by atoms with Gasteiger partial charge in [0.05, 0.1) is 6.61 Å². The first-order valence-corrected chi connectivity index (χ1v) is 7.48. The molecule has 2 atom stereocenters. The molecular formula is C14H28N2O2. The molecule has 2 aliphatic rings. The van der Waals surface area contributed by atoms with Gasteiger partial charge in [0.1, 0.15) is 5.60 Å². The number of ether oxygens (including phenoxy) is 1. The third-order valence-corrected chi connectivity index (χ3v) is 4.16. The number of rotatable bonds is 5. The SMILES string of the molecule is CCCN1CCCC(NCC2(O)CCOC2)CC1. The van der Waals surface area contributed by atoms with Gasteiger partial charge in [-0.2, -0.15) is 0 Å². The molecule has 0 aliphatic carbocycles. The zero-order chi connectivity index (χ0) is 12.8. The molecule has 2 rings (SSSR count). The molecule has 18 heavy (non-hydrogen) atoms. The van der Waals surface area contributed by atoms with Gasteiger partial charge in [-0.3, -0.25) is 0 Å². The Morgan fingerprint density at radius 1 is 1.39 bits per heavy atom. The van der Waals surface area contributed by atoms with Crippen LogP contribution in [0.5, 0.6) is 0 Å². The molecule has 4 heteroatoms. The lowest BCUT2D eigenvalue weighted by molar-refractivity contribution is 0.0244. The summed E-state index contributed by atoms with van der Waals surface area (Å²) in [6, 6.07) is 0.566. The molecule has 2 unspecified atom stereocenters. The van der Waals surface area contributed by atoms with Gasteiger partial charge in [-0.1, -0.05) is 6.92 Å². The maximum Gasteiger partial charge on any atom is 0.102 e. The van der Waals surface area contributed by atoms with Crippen molar-refractivity contribution in [1.29, 1.82) is 0 Å². The van der Waals surface area contributed by atoms with E-state index in [1.807, 2.05) is 0 Å². The molecule has 0 radical (unpaired) electrons. The third kappa shape index (κ3) is 4.19. The molecule has 0 aromatic rings. The lowest BCUT2D eigenvalue weighted by atomic mass is 10.0. The molecule has 2 N–H and O–H groups in total. The van der Waals surface area contributed by atoms with Crippen molar-refractivity contribution >= 4 is 0 Å². The van der Waals surface area contributed by atoms with Crippen LogP contribution in [0, 0.1) is 0 Å². The molecular weight excluding hydrogens is 228 g/mol. The number of nitrogens with one attached hydrogen (secondary N) is 1. The maximum absolute atomic E-state index is 10.2. The van der Waals surface area contributed by atoms with Crippen molar-refractivity contribution in [3.05, 3.63) is 0 Å². The van der Waals surface area contributed by atoms with Gasteiger partial charge >= 0.3 is 0 Å². The maximum atomic E-state index is 10.2. The van der Waals surface area contributed by atoms with Crippen molar-refractivity contribution in [2.24, 2.45) is 0 Å². The lowest BCUT2D eigenvalue weighted by Crippen LogP contribution is -2.45. The highest BCUT2D eigenvalue weighted by molar-refractivity contribution is 4.87. The van der Waals surface area contributed by atoms with Crippen LogP contribution in [0.25, 0.3) is 0 Å². The molecule has 2 fully saturated rings. The van der Waals surface area contributed by atoms with Crippen molar-refractivity contribution in [3.63, 3.8) is 0 Å². The fourth-order valence-corrected chi connectivity index (χ4v) is 2.97. The molecule has 0 aromatic heterocycles. The van der Waals surface area contributed by atoms with Crippen molar-refractivity contribution < 1.29 is 9.84 Å². The van der Waals surface area contributed by atoms with Gasteiger partial charge in [0.25, 0.3) is 0 Å². The summed E-state index contributed by atoms with van der Waals surface area (Å²) in [7, 11) is 0. The molecule has 0 amide bonds. The van der Waals surface area contributed by atoms with Gasteiger partial charge < -0.3 is 20.1 Å². The van der Waals surface area contributed by atoms with Crippen molar-refractivity contribution in [2.75, 3.05) is 39.4 Å². The Morgan fingerprint density at radius 3 is 3.00 bits per heavy atom. The van der Waals surface area contributed by atoms with Gasteiger partial charge in [0.15, 0.2) is 0 Å². The predicted octanol–water partition coefficient (Wildman–Crippen LogP) is 0.992. The van der Waals surface area contributed by atoms with Gasteiger partial charge in [-0.25, -0.2) is 0 Å². The molecule has 4 nitrogen and oxygen atoms in total. The second-order valence-electron chi connectivity index (χ2n) is 5.88. The van der Waals surface area contributed by atoms with Crippen LogP contribution in [0.3, 0.4) is 0 Å². The normalized spacial score (nSPS) is 34.7. The molecule has 0 saturated carbocycles. The molecule has 2 heterocycles. The summed E-state index contributed by atoms with van der Waals surface area (Å²) in [6.45, 7) is 7.79. The van der Waals surface area contributed by atoms with Crippen molar-refractivity contribution in [2.45, 2.75) is 50.7 Å². The highest BCUT2D eigenvalue weighted by Gasteiger charge is 2.32. The Bertz CT molecular complexity index is 242. The van der Waals surface area contributed by atoms with E-state index < -0.39 is 5.60 Å². The first-order chi connectivity index (χ1) is 8.72. The minimum absolute atomic E-state index is 0.495. The van der Waals surface area contributed by atoms with E-state index in [1.54, 1.807) is 0 Å². The quantitative estimate of drug-likeness (QED) is 0.770. The summed E-state index contributed by atoms with van der Waals surface area (Å²) >= 11 is 0. The minimum atomic E-state index is -0.616. The van der Waals surface area contributed by atoms with E-state index in [-0.39, 0.29) is 0 Å². The molecule has 0 spiro atoms. The fourth-order valence-electron chi connectivity index (χ4n) is 2.97. The summed E-state index contributed by atoms with van der Waals surface area (Å²) in [5, 5.41) is 13.8. The zero-order valence-corrected chi connectivity index (χ0v) is 11.7. The number of likely N-dealkylation sites (tertiary alicyclic amines) is 1. The molecule has 2 saturated heterocycles. The van der Waals surface area contributed by atoms with Crippen molar-refractivity contribution in [3.8, 4) is 0 Å². The van der Waals surface area contributed by atoms with Crippen LogP contribution >= 0.6 is 0 Å². The summed E-state index contributed by atoms with van der Waals surface area (Å²) in [6.07, 6.45) is 5.73. The van der Waals surface area contributed by atoms with Crippen LogP contribution in [0.15, 0.2) is 0 Å². The van der Waals surface area contributed by atoms with E-state index in [0.717, 1.165) is 6.42 Å².